The Hall–Kier alpha value is -2.60. The van der Waals surface area contributed by atoms with Crippen LogP contribution in [0.4, 0.5) is 0 Å². The van der Waals surface area contributed by atoms with E-state index in [-0.39, 0.29) is 6.61 Å². The number of imidazole rings is 1. The number of hydrogen-bond acceptors (Lipinski definition) is 5. The van der Waals surface area contributed by atoms with Crippen molar-refractivity contribution in [1.29, 1.82) is 0 Å². The van der Waals surface area contributed by atoms with Gasteiger partial charge in [0.15, 0.2) is 0 Å². The van der Waals surface area contributed by atoms with Gasteiger partial charge < -0.3 is 14.3 Å². The summed E-state index contributed by atoms with van der Waals surface area (Å²) in [7, 11) is 1.64. The monoisotopic (exact) mass is 327 g/mol. The average Bonchev–Trinajstić information content (AvgIpc) is 3.21. The molecule has 0 bridgehead atoms. The molecule has 0 spiro atoms. The molecule has 6 nitrogen and oxygen atoms in total. The van der Waals surface area contributed by atoms with Gasteiger partial charge in [-0.25, -0.2) is 4.98 Å². The molecule has 1 N–H and O–H groups in total. The lowest BCUT2D eigenvalue weighted by Crippen LogP contribution is -1.95. The fraction of sp³-hybridized carbons (Fsp3) is 0.333. The van der Waals surface area contributed by atoms with Gasteiger partial charge in [-0.05, 0) is 44.0 Å². The maximum absolute atomic E-state index is 9.01. The number of aromatic nitrogens is 3. The molecule has 0 fully saturated rings. The van der Waals surface area contributed by atoms with E-state index in [2.05, 4.69) is 9.97 Å². The predicted molar refractivity (Wildman–Crippen MR) is 90.4 cm³/mol. The first-order chi connectivity index (χ1) is 11.7. The largest absolute Gasteiger partial charge is 0.497 e. The van der Waals surface area contributed by atoms with Crippen LogP contribution in [0.5, 0.6) is 5.75 Å². The van der Waals surface area contributed by atoms with Gasteiger partial charge >= 0.3 is 6.01 Å². The second-order valence-electron chi connectivity index (χ2n) is 5.52. The highest BCUT2D eigenvalue weighted by Crippen LogP contribution is 2.28. The molecular weight excluding hydrogens is 306 g/mol. The number of hydrogen-bond donors (Lipinski definition) is 1. The van der Waals surface area contributed by atoms with Crippen LogP contribution in [0.1, 0.15) is 24.4 Å². The maximum Gasteiger partial charge on any atom is 0.307 e. The summed E-state index contributed by atoms with van der Waals surface area (Å²) in [5, 5.41) is 9.01. The number of nitrogens with zero attached hydrogens (tertiary/aromatic N) is 3. The molecule has 3 rings (SSSR count). The summed E-state index contributed by atoms with van der Waals surface area (Å²) in [4.78, 5) is 8.89. The number of rotatable bonds is 7. The van der Waals surface area contributed by atoms with Crippen molar-refractivity contribution in [3.8, 4) is 23.0 Å². The third-order valence-corrected chi connectivity index (χ3v) is 3.89. The molecule has 0 atom stereocenters. The Kier molecular flexibility index (Phi) is 4.96. The van der Waals surface area contributed by atoms with Crippen molar-refractivity contribution in [3.63, 3.8) is 0 Å². The van der Waals surface area contributed by atoms with Crippen molar-refractivity contribution < 1.29 is 14.3 Å². The lowest BCUT2D eigenvalue weighted by atomic mass is 10.1. The Bertz CT molecular complexity index is 790. The number of methoxy groups -OCH3 is 1. The van der Waals surface area contributed by atoms with E-state index in [1.165, 1.54) is 0 Å². The molecule has 0 aliphatic heterocycles. The zero-order chi connectivity index (χ0) is 16.9. The normalized spacial score (nSPS) is 11.0. The molecular formula is C18H21N3O3. The highest BCUT2D eigenvalue weighted by Gasteiger charge is 2.17. The molecule has 0 amide bonds. The second-order valence-corrected chi connectivity index (χ2v) is 5.52. The highest BCUT2D eigenvalue weighted by molar-refractivity contribution is 5.63. The summed E-state index contributed by atoms with van der Waals surface area (Å²) >= 11 is 0. The van der Waals surface area contributed by atoms with E-state index in [0.717, 1.165) is 47.9 Å². The highest BCUT2D eigenvalue weighted by atomic mass is 16.5. The molecule has 6 heteroatoms. The third-order valence-electron chi connectivity index (χ3n) is 3.89. The second kappa shape index (κ2) is 7.31. The van der Waals surface area contributed by atoms with Gasteiger partial charge in [0, 0.05) is 31.0 Å². The number of aryl methyl sites for hydroxylation is 2. The molecule has 0 aliphatic carbocycles. The molecule has 2 aromatic heterocycles. The van der Waals surface area contributed by atoms with Crippen LogP contribution in [0, 0.1) is 6.92 Å². The number of aliphatic hydroxyl groups is 1. The van der Waals surface area contributed by atoms with Gasteiger partial charge in [-0.15, -0.1) is 0 Å². The van der Waals surface area contributed by atoms with Gasteiger partial charge in [0.05, 0.1) is 7.11 Å². The topological polar surface area (TPSA) is 73.3 Å². The SMILES string of the molecule is COc1ccc(-c2nc(-n3ccnc3C)oc2CCCCO)cc1. The van der Waals surface area contributed by atoms with Gasteiger partial charge in [0.1, 0.15) is 23.0 Å². The molecule has 24 heavy (non-hydrogen) atoms. The Morgan fingerprint density at radius 2 is 2.00 bits per heavy atom. The first-order valence-electron chi connectivity index (χ1n) is 7.98. The summed E-state index contributed by atoms with van der Waals surface area (Å²) in [6, 6.07) is 8.26. The standard InChI is InChI=1S/C18H21N3O3/c1-13-19-10-11-21(13)18-20-17(16(24-18)5-3-4-12-22)14-6-8-15(23-2)9-7-14/h6-11,22H,3-5,12H2,1-2H3. The van der Waals surface area contributed by atoms with E-state index in [9.17, 15) is 0 Å². The lowest BCUT2D eigenvalue weighted by Gasteiger charge is -2.03. The molecule has 0 radical (unpaired) electrons. The molecule has 3 aromatic rings. The van der Waals surface area contributed by atoms with Crippen molar-refractivity contribution >= 4 is 0 Å². The number of unbranched alkanes of at least 4 members (excludes halogenated alkanes) is 1. The van der Waals surface area contributed by atoms with Crippen molar-refractivity contribution in [2.45, 2.75) is 26.2 Å². The van der Waals surface area contributed by atoms with Gasteiger partial charge in [0.25, 0.3) is 0 Å². The van der Waals surface area contributed by atoms with E-state index in [4.69, 9.17) is 14.3 Å². The van der Waals surface area contributed by atoms with Gasteiger partial charge in [-0.3, -0.25) is 4.57 Å². The van der Waals surface area contributed by atoms with Crippen LogP contribution in [0.2, 0.25) is 0 Å². The van der Waals surface area contributed by atoms with Crippen molar-refractivity contribution in [2.24, 2.45) is 0 Å². The molecule has 0 saturated carbocycles. The Labute approximate surface area is 140 Å². The summed E-state index contributed by atoms with van der Waals surface area (Å²) in [6.45, 7) is 2.09. The van der Waals surface area contributed by atoms with Crippen LogP contribution >= 0.6 is 0 Å². The first-order valence-corrected chi connectivity index (χ1v) is 7.98. The molecule has 0 unspecified atom stereocenters. The van der Waals surface area contributed by atoms with Crippen molar-refractivity contribution in [3.05, 3.63) is 48.2 Å². The zero-order valence-corrected chi connectivity index (χ0v) is 13.9. The van der Waals surface area contributed by atoms with E-state index in [1.54, 1.807) is 13.3 Å². The smallest absolute Gasteiger partial charge is 0.307 e. The Balaban J connectivity index is 1.98. The zero-order valence-electron chi connectivity index (χ0n) is 13.9. The number of aliphatic hydroxyl groups excluding tert-OH is 1. The van der Waals surface area contributed by atoms with Crippen LogP contribution < -0.4 is 4.74 Å². The minimum absolute atomic E-state index is 0.180. The lowest BCUT2D eigenvalue weighted by molar-refractivity contribution is 0.283. The van der Waals surface area contributed by atoms with Crippen LogP contribution in [0.3, 0.4) is 0 Å². The van der Waals surface area contributed by atoms with Crippen LogP contribution in [-0.4, -0.2) is 33.4 Å². The number of oxazole rings is 1. The van der Waals surface area contributed by atoms with Gasteiger partial charge in [-0.2, -0.15) is 4.98 Å². The number of benzene rings is 1. The van der Waals surface area contributed by atoms with E-state index in [0.29, 0.717) is 6.01 Å². The van der Waals surface area contributed by atoms with Crippen molar-refractivity contribution in [2.75, 3.05) is 13.7 Å². The van der Waals surface area contributed by atoms with Crippen molar-refractivity contribution in [1.82, 2.24) is 14.5 Å². The minimum atomic E-state index is 0.180. The van der Waals surface area contributed by atoms with E-state index < -0.39 is 0 Å². The average molecular weight is 327 g/mol. The number of ether oxygens (including phenoxy) is 1. The summed E-state index contributed by atoms with van der Waals surface area (Å²) in [6.07, 6.45) is 5.86. The molecule has 2 heterocycles. The Morgan fingerprint density at radius 3 is 2.62 bits per heavy atom. The molecule has 0 saturated heterocycles. The molecule has 0 aliphatic rings. The fourth-order valence-electron chi connectivity index (χ4n) is 2.56. The summed E-state index contributed by atoms with van der Waals surface area (Å²) < 4.78 is 13.0. The van der Waals surface area contributed by atoms with Crippen LogP contribution in [-0.2, 0) is 6.42 Å². The fourth-order valence-corrected chi connectivity index (χ4v) is 2.56. The quantitative estimate of drug-likeness (QED) is 0.675. The van der Waals surface area contributed by atoms with Gasteiger partial charge in [-0.1, -0.05) is 0 Å². The van der Waals surface area contributed by atoms with Gasteiger partial charge in [0.2, 0.25) is 0 Å². The van der Waals surface area contributed by atoms with Crippen LogP contribution in [0.25, 0.3) is 17.3 Å². The van der Waals surface area contributed by atoms with Crippen LogP contribution in [0.15, 0.2) is 41.1 Å². The van der Waals surface area contributed by atoms with E-state index >= 15 is 0 Å². The molecule has 126 valence electrons. The van der Waals surface area contributed by atoms with E-state index in [1.807, 2.05) is 42.0 Å². The summed E-state index contributed by atoms with van der Waals surface area (Å²) in [5.41, 5.74) is 1.79. The first kappa shape index (κ1) is 16.3. The third kappa shape index (κ3) is 3.33. The summed E-state index contributed by atoms with van der Waals surface area (Å²) in [5.74, 6) is 2.44. The Morgan fingerprint density at radius 1 is 1.21 bits per heavy atom. The maximum atomic E-state index is 9.01. The minimum Gasteiger partial charge on any atom is -0.497 e. The molecule has 1 aromatic carbocycles. The predicted octanol–water partition coefficient (Wildman–Crippen LogP) is 3.16.